The second kappa shape index (κ2) is 7.68. The lowest BCUT2D eigenvalue weighted by molar-refractivity contribution is -0.484. The van der Waals surface area contributed by atoms with Gasteiger partial charge in [-0.15, -0.1) is 0 Å². The zero-order valence-corrected chi connectivity index (χ0v) is 16.8. The smallest absolute Gasteiger partial charge is 0.213 e. The highest BCUT2D eigenvalue weighted by molar-refractivity contribution is 9.10. The Morgan fingerprint density at radius 3 is 2.22 bits per heavy atom. The highest BCUT2D eigenvalue weighted by Crippen LogP contribution is 2.39. The van der Waals surface area contributed by atoms with Crippen LogP contribution in [0.2, 0.25) is 18.1 Å². The minimum absolute atomic E-state index is 0.0762. The maximum atomic E-state index is 11.6. The van der Waals surface area contributed by atoms with E-state index in [9.17, 15) is 14.9 Å². The molecule has 0 spiro atoms. The number of nitro groups is 1. The van der Waals surface area contributed by atoms with Gasteiger partial charge in [-0.3, -0.25) is 10.1 Å². The number of benzene rings is 1. The van der Waals surface area contributed by atoms with Crippen molar-refractivity contribution in [3.8, 4) is 0 Å². The van der Waals surface area contributed by atoms with E-state index in [2.05, 4.69) is 36.7 Å². The highest BCUT2D eigenvalue weighted by Gasteiger charge is 2.42. The highest BCUT2D eigenvalue weighted by atomic mass is 79.9. The number of carbonyl (C=O) groups is 1. The summed E-state index contributed by atoms with van der Waals surface area (Å²) < 4.78 is 7.04. The molecule has 1 rings (SSSR count). The second-order valence-corrected chi connectivity index (χ2v) is 12.8. The Bertz CT molecular complexity index is 554. The summed E-state index contributed by atoms with van der Waals surface area (Å²) in [7, 11) is -2.21. The van der Waals surface area contributed by atoms with Gasteiger partial charge in [-0.25, -0.2) is 0 Å². The van der Waals surface area contributed by atoms with E-state index in [1.54, 1.807) is 12.1 Å². The predicted octanol–water partition coefficient (Wildman–Crippen LogP) is 4.40. The molecule has 0 aliphatic rings. The maximum Gasteiger partial charge on any atom is 0.213 e. The number of hydrogen-bond acceptors (Lipinski definition) is 4. The molecule has 2 atom stereocenters. The normalized spacial score (nSPS) is 15.0. The summed E-state index contributed by atoms with van der Waals surface area (Å²) >= 11 is 3.35. The average Bonchev–Trinajstić information content (AvgIpc) is 2.42. The third kappa shape index (κ3) is 5.51. The summed E-state index contributed by atoms with van der Waals surface area (Å²) in [5, 5.41) is 11.0. The zero-order valence-electron chi connectivity index (χ0n) is 14.2. The minimum atomic E-state index is -2.21. The largest absolute Gasteiger partial charge is 0.406 e. The molecular formula is C16H24BrNO4Si. The Kier molecular flexibility index (Phi) is 6.67. The van der Waals surface area contributed by atoms with Crippen molar-refractivity contribution < 1.29 is 14.1 Å². The van der Waals surface area contributed by atoms with Crippen molar-refractivity contribution in [1.82, 2.24) is 0 Å². The Morgan fingerprint density at radius 2 is 1.83 bits per heavy atom. The molecule has 0 N–H and O–H groups in total. The first-order valence-corrected chi connectivity index (χ1v) is 11.2. The van der Waals surface area contributed by atoms with E-state index in [1.807, 2.05) is 25.2 Å². The molecule has 1 aromatic carbocycles. The van der Waals surface area contributed by atoms with Crippen LogP contribution < -0.4 is 0 Å². The summed E-state index contributed by atoms with van der Waals surface area (Å²) in [5.74, 6) is -0.593. The minimum Gasteiger partial charge on any atom is -0.406 e. The molecule has 128 valence electrons. The van der Waals surface area contributed by atoms with Gasteiger partial charge in [0, 0.05) is 9.40 Å². The van der Waals surface area contributed by atoms with E-state index in [1.165, 1.54) is 0 Å². The van der Waals surface area contributed by atoms with Crippen molar-refractivity contribution in [2.45, 2.75) is 50.9 Å². The summed E-state index contributed by atoms with van der Waals surface area (Å²) in [5.41, 5.74) is 0.737. The Morgan fingerprint density at radius 1 is 1.30 bits per heavy atom. The van der Waals surface area contributed by atoms with Crippen molar-refractivity contribution in [3.63, 3.8) is 0 Å². The molecule has 1 aromatic rings. The van der Waals surface area contributed by atoms with Gasteiger partial charge in [0.1, 0.15) is 12.4 Å². The van der Waals surface area contributed by atoms with Crippen LogP contribution in [-0.4, -0.2) is 32.2 Å². The van der Waals surface area contributed by atoms with Gasteiger partial charge in [0.15, 0.2) is 8.32 Å². The van der Waals surface area contributed by atoms with Crippen LogP contribution in [-0.2, 0) is 9.22 Å². The predicted molar refractivity (Wildman–Crippen MR) is 96.9 cm³/mol. The van der Waals surface area contributed by atoms with Crippen molar-refractivity contribution in [2.24, 2.45) is 0 Å². The molecule has 5 nitrogen and oxygen atoms in total. The Labute approximate surface area is 146 Å². The van der Waals surface area contributed by atoms with Crippen molar-refractivity contribution in [2.75, 3.05) is 6.54 Å². The standard InChI is InChI=1S/C16H24BrNO4Si/c1-16(2,3)23(4,5)22-15(11-19)14(10-18(20)21)12-6-8-13(17)9-7-12/h6-9,11,14-15H,10H2,1-5H3/t14-,15-/m1/s1. The van der Waals surface area contributed by atoms with Gasteiger partial charge in [-0.1, -0.05) is 48.8 Å². The van der Waals surface area contributed by atoms with Crippen LogP contribution in [0.3, 0.4) is 0 Å². The van der Waals surface area contributed by atoms with Crippen molar-refractivity contribution in [3.05, 3.63) is 44.4 Å². The van der Waals surface area contributed by atoms with Gasteiger partial charge >= 0.3 is 0 Å². The first kappa shape index (κ1) is 20.0. The van der Waals surface area contributed by atoms with E-state index in [0.29, 0.717) is 6.29 Å². The van der Waals surface area contributed by atoms with Gasteiger partial charge in [-0.2, -0.15) is 0 Å². The van der Waals surface area contributed by atoms with E-state index in [0.717, 1.165) is 10.0 Å². The second-order valence-electron chi connectivity index (χ2n) is 7.15. The monoisotopic (exact) mass is 401 g/mol. The van der Waals surface area contributed by atoms with E-state index in [4.69, 9.17) is 4.43 Å². The van der Waals surface area contributed by atoms with Crippen LogP contribution in [0.15, 0.2) is 28.7 Å². The molecule has 0 aliphatic carbocycles. The van der Waals surface area contributed by atoms with Gasteiger partial charge in [0.2, 0.25) is 6.54 Å². The number of nitrogens with zero attached hydrogens (tertiary/aromatic N) is 1. The van der Waals surface area contributed by atoms with Crippen LogP contribution in [0.4, 0.5) is 0 Å². The van der Waals surface area contributed by atoms with Crippen molar-refractivity contribution in [1.29, 1.82) is 0 Å². The fraction of sp³-hybridized carbons (Fsp3) is 0.562. The van der Waals surface area contributed by atoms with Gasteiger partial charge in [0.25, 0.3) is 0 Å². The first-order valence-electron chi connectivity index (χ1n) is 7.48. The molecule has 7 heteroatoms. The molecule has 0 aromatic heterocycles. The third-order valence-corrected chi connectivity index (χ3v) is 9.41. The molecule has 0 unspecified atom stereocenters. The number of hydrogen-bond donors (Lipinski definition) is 0. The fourth-order valence-electron chi connectivity index (χ4n) is 1.99. The van der Waals surface area contributed by atoms with E-state index in [-0.39, 0.29) is 11.6 Å². The molecular weight excluding hydrogens is 378 g/mol. The van der Waals surface area contributed by atoms with Crippen molar-refractivity contribution >= 4 is 30.5 Å². The summed E-state index contributed by atoms with van der Waals surface area (Å²) in [6.45, 7) is 9.96. The lowest BCUT2D eigenvalue weighted by atomic mass is 9.94. The lowest BCUT2D eigenvalue weighted by Crippen LogP contribution is -2.46. The first-order chi connectivity index (χ1) is 10.5. The Hall–Kier alpha value is -1.05. The average molecular weight is 402 g/mol. The van der Waals surface area contributed by atoms with E-state index >= 15 is 0 Å². The molecule has 0 saturated heterocycles. The van der Waals surface area contributed by atoms with Gasteiger partial charge in [0.05, 0.1) is 5.92 Å². The molecule has 0 aliphatic heterocycles. The quantitative estimate of drug-likeness (QED) is 0.293. The van der Waals surface area contributed by atoms with Gasteiger partial charge < -0.3 is 9.22 Å². The number of carbonyl (C=O) groups excluding carboxylic acids is 1. The summed E-state index contributed by atoms with van der Waals surface area (Å²) in [6, 6.07) is 7.22. The number of aldehydes is 1. The van der Waals surface area contributed by atoms with Crippen LogP contribution in [0.25, 0.3) is 0 Å². The fourth-order valence-corrected chi connectivity index (χ4v) is 3.51. The van der Waals surface area contributed by atoms with Crippen LogP contribution >= 0.6 is 15.9 Å². The number of halogens is 1. The van der Waals surface area contributed by atoms with Crippen LogP contribution in [0, 0.1) is 10.1 Å². The zero-order chi connectivity index (χ0) is 17.8. The molecule has 0 radical (unpaired) electrons. The molecule has 23 heavy (non-hydrogen) atoms. The Balaban J connectivity index is 3.14. The molecule has 0 heterocycles. The molecule has 0 bridgehead atoms. The van der Waals surface area contributed by atoms with Crippen LogP contribution in [0.5, 0.6) is 0 Å². The molecule has 0 fully saturated rings. The SMILES string of the molecule is CC(C)(C)[Si](C)(C)O[C@H](C=O)[C@H](C[N+](=O)[O-])c1ccc(Br)cc1. The molecule has 0 amide bonds. The molecule has 0 saturated carbocycles. The van der Waals surface area contributed by atoms with Crippen LogP contribution in [0.1, 0.15) is 32.3 Å². The lowest BCUT2D eigenvalue weighted by Gasteiger charge is -2.39. The summed E-state index contributed by atoms with van der Waals surface area (Å²) in [4.78, 5) is 22.3. The topological polar surface area (TPSA) is 69.4 Å². The number of rotatable bonds is 7. The van der Waals surface area contributed by atoms with Gasteiger partial charge in [-0.05, 0) is 35.8 Å². The third-order valence-electron chi connectivity index (χ3n) is 4.41. The summed E-state index contributed by atoms with van der Waals surface area (Å²) in [6.07, 6.45) is -0.112. The van der Waals surface area contributed by atoms with E-state index < -0.39 is 25.3 Å². The maximum absolute atomic E-state index is 11.6.